The molecule has 0 fully saturated rings. The van der Waals surface area contributed by atoms with Crippen LogP contribution in [-0.2, 0) is 15.9 Å². The molecule has 0 bridgehead atoms. The Morgan fingerprint density at radius 3 is 2.30 bits per heavy atom. The van der Waals surface area contributed by atoms with Crippen LogP contribution in [0.2, 0.25) is 0 Å². The van der Waals surface area contributed by atoms with Gasteiger partial charge >= 0.3 is 11.9 Å². The number of H-pyrrole nitrogens is 1. The minimum Gasteiger partial charge on any atom is -0.465 e. The highest BCUT2D eigenvalue weighted by atomic mass is 16.6. The molecule has 2 rings (SSSR count). The first-order valence-corrected chi connectivity index (χ1v) is 6.45. The van der Waals surface area contributed by atoms with Crippen LogP contribution in [0.3, 0.4) is 0 Å². The Morgan fingerprint density at radius 2 is 1.78 bits per heavy atom. The Labute approximate surface area is 130 Å². The molecule has 1 heterocycles. The van der Waals surface area contributed by atoms with E-state index in [1.807, 2.05) is 0 Å². The molecular formula is C14H13N3O6. The number of carbonyl (C=O) groups excluding carboxylic acids is 2. The summed E-state index contributed by atoms with van der Waals surface area (Å²) in [5.74, 6) is -1.49. The summed E-state index contributed by atoms with van der Waals surface area (Å²) in [5.41, 5.74) is 0.822. The van der Waals surface area contributed by atoms with Crippen molar-refractivity contribution in [2.45, 2.75) is 6.42 Å². The van der Waals surface area contributed by atoms with E-state index in [1.54, 1.807) is 12.1 Å². The molecule has 1 aromatic heterocycles. The summed E-state index contributed by atoms with van der Waals surface area (Å²) >= 11 is 0. The normalized spacial score (nSPS) is 10.2. The highest BCUT2D eigenvalue weighted by Gasteiger charge is 2.26. The fourth-order valence-corrected chi connectivity index (χ4v) is 2.01. The van der Waals surface area contributed by atoms with Crippen LogP contribution < -0.4 is 0 Å². The van der Waals surface area contributed by atoms with Crippen LogP contribution in [0.5, 0.6) is 0 Å². The number of aromatic nitrogens is 2. The van der Waals surface area contributed by atoms with Crippen LogP contribution in [0.15, 0.2) is 24.3 Å². The molecule has 0 aliphatic heterocycles. The van der Waals surface area contributed by atoms with Gasteiger partial charge < -0.3 is 9.47 Å². The Bertz CT molecular complexity index is 750. The Balaban J connectivity index is 2.35. The smallest absolute Gasteiger partial charge is 0.359 e. The lowest BCUT2D eigenvalue weighted by molar-refractivity contribution is -0.384. The molecule has 0 amide bonds. The van der Waals surface area contributed by atoms with E-state index in [0.29, 0.717) is 11.3 Å². The first-order chi connectivity index (χ1) is 11.0. The topological polar surface area (TPSA) is 124 Å². The molecule has 0 saturated heterocycles. The molecule has 0 spiro atoms. The molecule has 1 N–H and O–H groups in total. The van der Waals surface area contributed by atoms with Crippen molar-refractivity contribution >= 4 is 17.6 Å². The van der Waals surface area contributed by atoms with Crippen molar-refractivity contribution in [3.63, 3.8) is 0 Å². The van der Waals surface area contributed by atoms with Crippen molar-refractivity contribution in [2.24, 2.45) is 0 Å². The molecule has 0 unspecified atom stereocenters. The quantitative estimate of drug-likeness (QED) is 0.502. The lowest BCUT2D eigenvalue weighted by atomic mass is 10.0. The third-order valence-corrected chi connectivity index (χ3v) is 3.14. The highest BCUT2D eigenvalue weighted by Crippen LogP contribution is 2.19. The van der Waals surface area contributed by atoms with Gasteiger partial charge in [0.05, 0.1) is 24.8 Å². The van der Waals surface area contributed by atoms with Gasteiger partial charge in [0.15, 0.2) is 5.69 Å². The van der Waals surface area contributed by atoms with E-state index in [4.69, 9.17) is 0 Å². The number of nitrogens with zero attached hydrogens (tertiary/aromatic N) is 2. The van der Waals surface area contributed by atoms with Gasteiger partial charge in [-0.2, -0.15) is 5.10 Å². The van der Waals surface area contributed by atoms with Crippen LogP contribution in [0.4, 0.5) is 5.69 Å². The van der Waals surface area contributed by atoms with Gasteiger partial charge in [-0.05, 0) is 5.56 Å². The summed E-state index contributed by atoms with van der Waals surface area (Å²) in [5, 5.41) is 17.0. The largest absolute Gasteiger partial charge is 0.465 e. The van der Waals surface area contributed by atoms with Gasteiger partial charge in [0.1, 0.15) is 5.56 Å². The lowest BCUT2D eigenvalue weighted by Gasteiger charge is -2.04. The maximum absolute atomic E-state index is 11.9. The zero-order chi connectivity index (χ0) is 17.0. The molecule has 0 aliphatic rings. The molecule has 9 heteroatoms. The van der Waals surface area contributed by atoms with Crippen molar-refractivity contribution < 1.29 is 24.0 Å². The second kappa shape index (κ2) is 6.69. The van der Waals surface area contributed by atoms with E-state index in [9.17, 15) is 19.7 Å². The van der Waals surface area contributed by atoms with E-state index in [1.165, 1.54) is 26.4 Å². The number of carbonyl (C=O) groups is 2. The monoisotopic (exact) mass is 319 g/mol. The van der Waals surface area contributed by atoms with Gasteiger partial charge in [0.25, 0.3) is 5.69 Å². The molecule has 0 atom stereocenters. The predicted octanol–water partition coefficient (Wildman–Crippen LogP) is 1.48. The summed E-state index contributed by atoms with van der Waals surface area (Å²) in [6.45, 7) is 0. The first-order valence-electron chi connectivity index (χ1n) is 6.45. The molecule has 9 nitrogen and oxygen atoms in total. The molecule has 1 aromatic carbocycles. The molecule has 2 aromatic rings. The van der Waals surface area contributed by atoms with Crippen molar-refractivity contribution in [2.75, 3.05) is 14.2 Å². The molecule has 23 heavy (non-hydrogen) atoms. The first kappa shape index (κ1) is 16.1. The van der Waals surface area contributed by atoms with E-state index >= 15 is 0 Å². The van der Waals surface area contributed by atoms with Crippen LogP contribution in [0.1, 0.15) is 32.1 Å². The summed E-state index contributed by atoms with van der Waals surface area (Å²) in [6.07, 6.45) is 0.215. The SMILES string of the molecule is COC(=O)c1n[nH]c(Cc2ccc([N+](=O)[O-])cc2)c1C(=O)OC. The number of benzene rings is 1. The van der Waals surface area contributed by atoms with Gasteiger partial charge in [-0.3, -0.25) is 15.2 Å². The molecular weight excluding hydrogens is 306 g/mol. The molecule has 0 saturated carbocycles. The minimum absolute atomic E-state index is 0.0160. The number of aromatic amines is 1. The minimum atomic E-state index is -0.767. The van der Waals surface area contributed by atoms with Crippen LogP contribution in [-0.4, -0.2) is 41.3 Å². The summed E-state index contributed by atoms with van der Waals surface area (Å²) in [4.78, 5) is 33.7. The van der Waals surface area contributed by atoms with E-state index in [0.717, 1.165) is 0 Å². The second-order valence-corrected chi connectivity index (χ2v) is 4.51. The summed E-state index contributed by atoms with van der Waals surface area (Å²) < 4.78 is 9.24. The van der Waals surface area contributed by atoms with Crippen molar-refractivity contribution in [1.29, 1.82) is 0 Å². The van der Waals surface area contributed by atoms with E-state index < -0.39 is 16.9 Å². The Kier molecular flexibility index (Phi) is 4.69. The predicted molar refractivity (Wildman–Crippen MR) is 77.2 cm³/mol. The van der Waals surface area contributed by atoms with E-state index in [2.05, 4.69) is 19.7 Å². The van der Waals surface area contributed by atoms with Crippen molar-refractivity contribution in [1.82, 2.24) is 10.2 Å². The van der Waals surface area contributed by atoms with Gasteiger partial charge in [0, 0.05) is 18.6 Å². The number of methoxy groups -OCH3 is 2. The Morgan fingerprint density at radius 1 is 1.17 bits per heavy atom. The number of nitrogens with one attached hydrogen (secondary N) is 1. The summed E-state index contributed by atoms with van der Waals surface area (Å²) in [6, 6.07) is 5.81. The number of nitro benzene ring substituents is 1. The number of hydrogen-bond donors (Lipinski definition) is 1. The summed E-state index contributed by atoms with van der Waals surface area (Å²) in [7, 11) is 2.36. The molecule has 120 valence electrons. The number of non-ortho nitro benzene ring substituents is 1. The fraction of sp³-hybridized carbons (Fsp3) is 0.214. The number of hydrogen-bond acceptors (Lipinski definition) is 7. The third-order valence-electron chi connectivity index (χ3n) is 3.14. The highest BCUT2D eigenvalue weighted by molar-refractivity contribution is 6.02. The number of nitro groups is 1. The maximum Gasteiger partial charge on any atom is 0.359 e. The standard InChI is InChI=1S/C14H13N3O6/c1-22-13(18)11-10(15-16-12(11)14(19)23-2)7-8-3-5-9(6-4-8)17(20)21/h3-6H,7H2,1-2H3,(H,15,16). The third kappa shape index (κ3) is 3.34. The maximum atomic E-state index is 11.9. The van der Waals surface area contributed by atoms with Crippen LogP contribution in [0, 0.1) is 10.1 Å². The zero-order valence-corrected chi connectivity index (χ0v) is 12.4. The van der Waals surface area contributed by atoms with Gasteiger partial charge in [-0.1, -0.05) is 12.1 Å². The van der Waals surface area contributed by atoms with Gasteiger partial charge in [-0.25, -0.2) is 9.59 Å². The molecule has 0 radical (unpaired) electrons. The number of esters is 2. The molecule has 0 aliphatic carbocycles. The second-order valence-electron chi connectivity index (χ2n) is 4.51. The number of rotatable bonds is 5. The van der Waals surface area contributed by atoms with E-state index in [-0.39, 0.29) is 23.4 Å². The van der Waals surface area contributed by atoms with Gasteiger partial charge in [-0.15, -0.1) is 0 Å². The van der Waals surface area contributed by atoms with Gasteiger partial charge in [0.2, 0.25) is 0 Å². The fourth-order valence-electron chi connectivity index (χ4n) is 2.01. The van der Waals surface area contributed by atoms with Crippen LogP contribution >= 0.6 is 0 Å². The average Bonchev–Trinajstić information content (AvgIpc) is 2.97. The Hall–Kier alpha value is -3.23. The number of ether oxygens (including phenoxy) is 2. The average molecular weight is 319 g/mol. The van der Waals surface area contributed by atoms with Crippen molar-refractivity contribution in [3.05, 3.63) is 56.9 Å². The zero-order valence-electron chi connectivity index (χ0n) is 12.4. The lowest BCUT2D eigenvalue weighted by Crippen LogP contribution is -2.12. The van der Waals surface area contributed by atoms with Crippen LogP contribution in [0.25, 0.3) is 0 Å². The van der Waals surface area contributed by atoms with Crippen molar-refractivity contribution in [3.8, 4) is 0 Å².